The highest BCUT2D eigenvalue weighted by atomic mass is 16.1. The summed E-state index contributed by atoms with van der Waals surface area (Å²) in [5, 5.41) is 5.85. The van der Waals surface area contributed by atoms with E-state index in [0.29, 0.717) is 11.6 Å². The second-order valence-electron chi connectivity index (χ2n) is 8.00. The van der Waals surface area contributed by atoms with Crippen LogP contribution in [0.25, 0.3) is 33.1 Å². The molecule has 0 unspecified atom stereocenters. The average molecular weight is 384 g/mol. The van der Waals surface area contributed by atoms with Gasteiger partial charge in [-0.15, -0.1) is 0 Å². The molecule has 5 nitrogen and oxygen atoms in total. The van der Waals surface area contributed by atoms with E-state index in [0.717, 1.165) is 50.7 Å². The van der Waals surface area contributed by atoms with Gasteiger partial charge >= 0.3 is 0 Å². The molecule has 0 atom stereocenters. The van der Waals surface area contributed by atoms with Crippen LogP contribution >= 0.6 is 0 Å². The summed E-state index contributed by atoms with van der Waals surface area (Å²) in [5.41, 5.74) is 5.96. The second kappa shape index (κ2) is 7.32. The number of H-pyrrole nitrogens is 1. The lowest BCUT2D eigenvalue weighted by atomic mass is 9.95. The highest BCUT2D eigenvalue weighted by molar-refractivity contribution is 6.12. The van der Waals surface area contributed by atoms with Crippen LogP contribution in [0.4, 0.5) is 5.82 Å². The SMILES string of the molecule is Cc1cc(C=O)ccc1-c1ccc2[nH]c3ncnc(NC4CCCCC4)c3c2c1. The number of fused-ring (bicyclic) bond motifs is 3. The van der Waals surface area contributed by atoms with E-state index in [-0.39, 0.29) is 0 Å². The van der Waals surface area contributed by atoms with Gasteiger partial charge in [-0.3, -0.25) is 4.79 Å². The maximum absolute atomic E-state index is 11.1. The van der Waals surface area contributed by atoms with Crippen LogP contribution < -0.4 is 5.32 Å². The molecule has 5 rings (SSSR count). The van der Waals surface area contributed by atoms with Crippen LogP contribution in [0, 0.1) is 6.92 Å². The van der Waals surface area contributed by atoms with Crippen molar-refractivity contribution in [3.05, 3.63) is 53.9 Å². The molecular weight excluding hydrogens is 360 g/mol. The summed E-state index contributed by atoms with van der Waals surface area (Å²) in [6, 6.07) is 12.7. The highest BCUT2D eigenvalue weighted by Crippen LogP contribution is 2.34. The molecule has 29 heavy (non-hydrogen) atoms. The van der Waals surface area contributed by atoms with Crippen LogP contribution in [0.2, 0.25) is 0 Å². The van der Waals surface area contributed by atoms with Gasteiger partial charge in [-0.05, 0) is 54.7 Å². The van der Waals surface area contributed by atoms with Gasteiger partial charge in [-0.25, -0.2) is 9.97 Å². The van der Waals surface area contributed by atoms with E-state index in [1.165, 1.54) is 32.1 Å². The number of aromatic nitrogens is 3. The number of nitrogens with one attached hydrogen (secondary N) is 2. The van der Waals surface area contributed by atoms with E-state index in [2.05, 4.69) is 38.5 Å². The molecule has 2 aromatic carbocycles. The molecule has 0 saturated heterocycles. The van der Waals surface area contributed by atoms with Crippen LogP contribution in [-0.2, 0) is 0 Å². The summed E-state index contributed by atoms with van der Waals surface area (Å²) in [5.74, 6) is 0.915. The van der Waals surface area contributed by atoms with Gasteiger partial charge in [-0.2, -0.15) is 0 Å². The van der Waals surface area contributed by atoms with Crippen LogP contribution in [0.5, 0.6) is 0 Å². The minimum atomic E-state index is 0.480. The quantitative estimate of drug-likeness (QED) is 0.447. The molecule has 0 radical (unpaired) electrons. The van der Waals surface area contributed by atoms with Crippen LogP contribution in [0.1, 0.15) is 48.0 Å². The first-order valence-electron chi connectivity index (χ1n) is 10.3. The Kier molecular flexibility index (Phi) is 4.51. The van der Waals surface area contributed by atoms with Gasteiger partial charge in [0, 0.05) is 22.5 Å². The third kappa shape index (κ3) is 3.27. The smallest absolute Gasteiger partial charge is 0.150 e. The Bertz CT molecular complexity index is 1200. The fourth-order valence-corrected chi connectivity index (χ4v) is 4.52. The minimum Gasteiger partial charge on any atom is -0.367 e. The maximum atomic E-state index is 11.1. The summed E-state index contributed by atoms with van der Waals surface area (Å²) >= 11 is 0. The Morgan fingerprint density at radius 3 is 2.72 bits per heavy atom. The third-order valence-electron chi connectivity index (χ3n) is 6.03. The summed E-state index contributed by atoms with van der Waals surface area (Å²) in [7, 11) is 0. The number of aromatic amines is 1. The lowest BCUT2D eigenvalue weighted by Crippen LogP contribution is -2.22. The fraction of sp³-hybridized carbons (Fsp3) is 0.292. The zero-order chi connectivity index (χ0) is 19.8. The number of anilines is 1. The summed E-state index contributed by atoms with van der Waals surface area (Å²) in [6.45, 7) is 2.04. The Labute approximate surface area is 169 Å². The Hall–Kier alpha value is -3.21. The lowest BCUT2D eigenvalue weighted by molar-refractivity contribution is 0.112. The van der Waals surface area contributed by atoms with Crippen molar-refractivity contribution in [3.63, 3.8) is 0 Å². The number of hydrogen-bond donors (Lipinski definition) is 2. The van der Waals surface area contributed by atoms with Crippen LogP contribution in [-0.4, -0.2) is 27.3 Å². The van der Waals surface area contributed by atoms with Crippen molar-refractivity contribution in [2.24, 2.45) is 0 Å². The molecule has 0 aliphatic heterocycles. The van der Waals surface area contributed by atoms with Gasteiger partial charge in [0.05, 0.1) is 5.39 Å². The van der Waals surface area contributed by atoms with Gasteiger partial charge in [0.25, 0.3) is 0 Å². The maximum Gasteiger partial charge on any atom is 0.150 e. The molecular formula is C24H24N4O. The number of carbonyl (C=O) groups is 1. The molecule has 2 N–H and O–H groups in total. The lowest BCUT2D eigenvalue weighted by Gasteiger charge is -2.23. The van der Waals surface area contributed by atoms with E-state index in [4.69, 9.17) is 0 Å². The van der Waals surface area contributed by atoms with Crippen molar-refractivity contribution < 1.29 is 4.79 Å². The molecule has 4 aromatic rings. The number of hydrogen-bond acceptors (Lipinski definition) is 4. The highest BCUT2D eigenvalue weighted by Gasteiger charge is 2.18. The summed E-state index contributed by atoms with van der Waals surface area (Å²) in [4.78, 5) is 23.6. The van der Waals surface area contributed by atoms with Crippen LogP contribution in [0.3, 0.4) is 0 Å². The standard InChI is InChI=1S/C24H24N4O/c1-15-11-16(13-29)7-9-19(15)17-8-10-21-20(12-17)22-23(25-14-26-24(22)28-21)27-18-5-3-2-4-6-18/h7-14,18H,2-6H2,1H3,(H2,25,26,27,28). The fourth-order valence-electron chi connectivity index (χ4n) is 4.52. The molecule has 5 heteroatoms. The average Bonchev–Trinajstić information content (AvgIpc) is 3.13. The van der Waals surface area contributed by atoms with Crippen molar-refractivity contribution in [3.8, 4) is 11.1 Å². The van der Waals surface area contributed by atoms with Gasteiger partial charge in [-0.1, -0.05) is 37.5 Å². The molecule has 146 valence electrons. The molecule has 2 aromatic heterocycles. The van der Waals surface area contributed by atoms with Crippen molar-refractivity contribution >= 4 is 34.0 Å². The Morgan fingerprint density at radius 1 is 1.07 bits per heavy atom. The third-order valence-corrected chi connectivity index (χ3v) is 6.03. The topological polar surface area (TPSA) is 70.7 Å². The number of nitrogens with zero attached hydrogens (tertiary/aromatic N) is 2. The van der Waals surface area contributed by atoms with Gasteiger partial charge in [0.2, 0.25) is 0 Å². The van der Waals surface area contributed by atoms with E-state index in [1.54, 1.807) is 6.33 Å². The van der Waals surface area contributed by atoms with Gasteiger partial charge < -0.3 is 10.3 Å². The first-order valence-corrected chi connectivity index (χ1v) is 10.3. The zero-order valence-corrected chi connectivity index (χ0v) is 16.5. The summed E-state index contributed by atoms with van der Waals surface area (Å²) < 4.78 is 0. The predicted octanol–water partition coefficient (Wildman–Crippen LogP) is 5.64. The molecule has 1 fully saturated rings. The minimum absolute atomic E-state index is 0.480. The summed E-state index contributed by atoms with van der Waals surface area (Å²) in [6.07, 6.45) is 8.80. The molecule has 1 saturated carbocycles. The largest absolute Gasteiger partial charge is 0.367 e. The van der Waals surface area contributed by atoms with Gasteiger partial charge in [0.1, 0.15) is 24.1 Å². The first-order chi connectivity index (χ1) is 14.2. The number of rotatable bonds is 4. The van der Waals surface area contributed by atoms with Crippen molar-refractivity contribution in [1.29, 1.82) is 0 Å². The predicted molar refractivity (Wildman–Crippen MR) is 117 cm³/mol. The van der Waals surface area contributed by atoms with Gasteiger partial charge in [0.15, 0.2) is 0 Å². The van der Waals surface area contributed by atoms with Crippen molar-refractivity contribution in [2.45, 2.75) is 45.1 Å². The number of aryl methyl sites for hydroxylation is 1. The van der Waals surface area contributed by atoms with Crippen LogP contribution in [0.15, 0.2) is 42.7 Å². The molecule has 0 amide bonds. The van der Waals surface area contributed by atoms with E-state index in [9.17, 15) is 4.79 Å². The zero-order valence-electron chi connectivity index (χ0n) is 16.5. The van der Waals surface area contributed by atoms with Crippen molar-refractivity contribution in [2.75, 3.05) is 5.32 Å². The monoisotopic (exact) mass is 384 g/mol. The van der Waals surface area contributed by atoms with E-state index < -0.39 is 0 Å². The molecule has 0 bridgehead atoms. The Morgan fingerprint density at radius 2 is 1.93 bits per heavy atom. The number of benzene rings is 2. The van der Waals surface area contributed by atoms with Crippen molar-refractivity contribution in [1.82, 2.24) is 15.0 Å². The number of carbonyl (C=O) groups excluding carboxylic acids is 1. The first kappa shape index (κ1) is 17.9. The molecule has 2 heterocycles. The van der Waals surface area contributed by atoms with E-state index >= 15 is 0 Å². The molecule has 1 aliphatic carbocycles. The normalized spacial score (nSPS) is 15.1. The molecule has 0 spiro atoms. The van der Waals surface area contributed by atoms with E-state index in [1.807, 2.05) is 25.1 Å². The second-order valence-corrected chi connectivity index (χ2v) is 8.00. The number of aldehydes is 1. The Balaban J connectivity index is 1.62. The molecule has 1 aliphatic rings.